The Morgan fingerprint density at radius 1 is 1.31 bits per heavy atom. The highest BCUT2D eigenvalue weighted by molar-refractivity contribution is 7.90. The second kappa shape index (κ2) is 7.39. The van der Waals surface area contributed by atoms with Gasteiger partial charge in [-0.15, -0.1) is 9.78 Å². The molecule has 26 heavy (non-hydrogen) atoms. The van der Waals surface area contributed by atoms with Crippen molar-refractivity contribution >= 4 is 22.0 Å². The molecule has 0 bridgehead atoms. The number of carboxylic acid groups (broad SMARTS) is 1. The van der Waals surface area contributed by atoms with Crippen molar-refractivity contribution in [1.82, 2.24) is 19.1 Å². The zero-order valence-electron chi connectivity index (χ0n) is 13.9. The molecule has 1 amide bonds. The van der Waals surface area contributed by atoms with Crippen molar-refractivity contribution in [2.45, 2.75) is 18.2 Å². The predicted molar refractivity (Wildman–Crippen MR) is 87.8 cm³/mol. The summed E-state index contributed by atoms with van der Waals surface area (Å²) in [4.78, 5) is 34.7. The maximum atomic E-state index is 12.3. The van der Waals surface area contributed by atoms with E-state index in [1.54, 1.807) is 4.72 Å². The zero-order chi connectivity index (χ0) is 19.5. The molecule has 1 aromatic heterocycles. The van der Waals surface area contributed by atoms with Gasteiger partial charge in [-0.2, -0.15) is 0 Å². The van der Waals surface area contributed by atoms with Gasteiger partial charge >= 0.3 is 23.7 Å². The van der Waals surface area contributed by atoms with Crippen molar-refractivity contribution in [2.24, 2.45) is 7.05 Å². The second-order valence-electron chi connectivity index (χ2n) is 5.10. The molecule has 0 aliphatic carbocycles. The number of carbonyl (C=O) groups is 2. The van der Waals surface area contributed by atoms with Gasteiger partial charge in [0.05, 0.1) is 12.2 Å². The van der Waals surface area contributed by atoms with Crippen LogP contribution in [-0.4, -0.2) is 46.5 Å². The summed E-state index contributed by atoms with van der Waals surface area (Å²) < 4.78 is 32.7. The molecule has 0 spiro atoms. The first-order valence-corrected chi connectivity index (χ1v) is 8.85. The van der Waals surface area contributed by atoms with E-state index >= 15 is 0 Å². The van der Waals surface area contributed by atoms with Crippen LogP contribution in [0, 0.1) is 0 Å². The number of benzene rings is 1. The Morgan fingerprint density at radius 2 is 1.96 bits per heavy atom. The molecule has 12 heteroatoms. The number of rotatable bonds is 6. The summed E-state index contributed by atoms with van der Waals surface area (Å²) in [5.74, 6) is -1.48. The number of hydrogen-bond acceptors (Lipinski definition) is 7. The van der Waals surface area contributed by atoms with Crippen LogP contribution in [-0.2, 0) is 17.1 Å². The molecule has 0 saturated heterocycles. The molecule has 0 atom stereocenters. The molecule has 2 rings (SSSR count). The van der Waals surface area contributed by atoms with Crippen molar-refractivity contribution in [3.8, 4) is 6.01 Å². The summed E-state index contributed by atoms with van der Waals surface area (Å²) in [5.41, 5.74) is -1.44. The topological polar surface area (TPSA) is 150 Å². The molecule has 0 aliphatic heterocycles. The van der Waals surface area contributed by atoms with Gasteiger partial charge in [-0.25, -0.2) is 32.1 Å². The quantitative estimate of drug-likeness (QED) is 0.707. The van der Waals surface area contributed by atoms with Gasteiger partial charge < -0.3 is 9.84 Å². The van der Waals surface area contributed by atoms with Crippen molar-refractivity contribution < 1.29 is 27.9 Å². The van der Waals surface area contributed by atoms with Gasteiger partial charge in [0.15, 0.2) is 0 Å². The minimum atomic E-state index is -4.55. The molecule has 140 valence electrons. The van der Waals surface area contributed by atoms with Gasteiger partial charge in [0.2, 0.25) is 0 Å². The maximum absolute atomic E-state index is 12.3. The van der Waals surface area contributed by atoms with Crippen molar-refractivity contribution in [2.75, 3.05) is 6.61 Å². The number of carboxylic acids is 1. The highest BCUT2D eigenvalue weighted by Gasteiger charge is 2.26. The average molecular weight is 384 g/mol. The molecule has 1 heterocycles. The lowest BCUT2D eigenvalue weighted by atomic mass is 10.2. The number of aromatic nitrogens is 3. The van der Waals surface area contributed by atoms with Crippen LogP contribution >= 0.6 is 0 Å². The third kappa shape index (κ3) is 3.74. The molecule has 11 nitrogen and oxygen atoms in total. The number of hydrogen-bond donors (Lipinski definition) is 2. The Bertz CT molecular complexity index is 1010. The number of amides is 1. The van der Waals surface area contributed by atoms with E-state index in [2.05, 4.69) is 5.10 Å². The Morgan fingerprint density at radius 3 is 2.58 bits per heavy atom. The van der Waals surface area contributed by atoms with Crippen molar-refractivity contribution in [1.29, 1.82) is 0 Å². The van der Waals surface area contributed by atoms with Gasteiger partial charge in [-0.3, -0.25) is 0 Å². The molecule has 0 unspecified atom stereocenters. The first kappa shape index (κ1) is 19.2. The Hall–Kier alpha value is -3.15. The van der Waals surface area contributed by atoms with E-state index in [0.29, 0.717) is 6.42 Å². The van der Waals surface area contributed by atoms with Crippen LogP contribution in [0.2, 0.25) is 0 Å². The van der Waals surface area contributed by atoms with Crippen LogP contribution in [0.3, 0.4) is 0 Å². The largest absolute Gasteiger partial charge is 0.478 e. The molecule has 2 N–H and O–H groups in total. The fraction of sp³-hybridized carbons (Fsp3) is 0.286. The van der Waals surface area contributed by atoms with Gasteiger partial charge in [0.25, 0.3) is 10.0 Å². The van der Waals surface area contributed by atoms with Crippen LogP contribution in [0.1, 0.15) is 23.7 Å². The van der Waals surface area contributed by atoms with Crippen LogP contribution in [0.5, 0.6) is 6.01 Å². The summed E-state index contributed by atoms with van der Waals surface area (Å²) >= 11 is 0. The summed E-state index contributed by atoms with van der Waals surface area (Å²) in [6, 6.07) is 3.22. The van der Waals surface area contributed by atoms with Crippen LogP contribution < -0.4 is 15.1 Å². The highest BCUT2D eigenvalue weighted by Crippen LogP contribution is 2.15. The molecule has 0 aliphatic rings. The number of nitrogens with zero attached hydrogens (tertiary/aromatic N) is 3. The van der Waals surface area contributed by atoms with E-state index in [9.17, 15) is 22.8 Å². The summed E-state index contributed by atoms with van der Waals surface area (Å²) in [6.45, 7) is 2.07. The average Bonchev–Trinajstić information content (AvgIpc) is 2.88. The maximum Gasteiger partial charge on any atom is 0.360 e. The smallest absolute Gasteiger partial charge is 0.360 e. The minimum absolute atomic E-state index is 0.157. The van der Waals surface area contributed by atoms with E-state index in [4.69, 9.17) is 9.84 Å². The lowest BCUT2D eigenvalue weighted by molar-refractivity contribution is 0.0692. The number of carbonyl (C=O) groups excluding carboxylic acids is 1. The predicted octanol–water partition coefficient (Wildman–Crippen LogP) is 0.0154. The summed E-state index contributed by atoms with van der Waals surface area (Å²) in [5, 5.41) is 12.7. The molecule has 1 aromatic carbocycles. The molecule has 2 aromatic rings. The first-order chi connectivity index (χ1) is 12.2. The lowest BCUT2D eigenvalue weighted by Gasteiger charge is -2.08. The third-order valence-corrected chi connectivity index (χ3v) is 4.58. The second-order valence-corrected chi connectivity index (χ2v) is 6.75. The molecular weight excluding hydrogens is 368 g/mol. The van der Waals surface area contributed by atoms with E-state index in [1.807, 2.05) is 6.92 Å². The van der Waals surface area contributed by atoms with Crippen molar-refractivity contribution in [3.63, 3.8) is 0 Å². The first-order valence-electron chi connectivity index (χ1n) is 7.37. The van der Waals surface area contributed by atoms with E-state index < -0.39 is 38.2 Å². The Kier molecular flexibility index (Phi) is 5.45. The Labute approximate surface area is 147 Å². The highest BCUT2D eigenvalue weighted by atomic mass is 32.2. The van der Waals surface area contributed by atoms with Gasteiger partial charge in [0, 0.05) is 7.05 Å². The van der Waals surface area contributed by atoms with Crippen LogP contribution in [0.4, 0.5) is 4.79 Å². The lowest BCUT2D eigenvalue weighted by Crippen LogP contribution is -2.40. The third-order valence-electron chi connectivity index (χ3n) is 3.20. The summed E-state index contributed by atoms with van der Waals surface area (Å²) in [6.07, 6.45) is 0.633. The van der Waals surface area contributed by atoms with E-state index in [1.165, 1.54) is 19.2 Å². The number of ether oxygens (including phenoxy) is 1. The number of sulfonamides is 1. The normalized spacial score (nSPS) is 11.2. The fourth-order valence-corrected chi connectivity index (χ4v) is 3.09. The molecular formula is C14H16N4O7S. The van der Waals surface area contributed by atoms with Crippen LogP contribution in [0.15, 0.2) is 34.0 Å². The minimum Gasteiger partial charge on any atom is -0.478 e. The zero-order valence-corrected chi connectivity index (χ0v) is 14.7. The Balaban J connectivity index is 2.36. The van der Waals surface area contributed by atoms with E-state index in [0.717, 1.165) is 16.7 Å². The van der Waals surface area contributed by atoms with Gasteiger partial charge in [0.1, 0.15) is 4.90 Å². The van der Waals surface area contributed by atoms with Crippen LogP contribution in [0.25, 0.3) is 0 Å². The molecule has 0 saturated carbocycles. The molecule has 0 radical (unpaired) electrons. The molecule has 0 fully saturated rings. The number of aromatic carboxylic acids is 1. The number of nitrogens with one attached hydrogen (secondary N) is 1. The van der Waals surface area contributed by atoms with E-state index in [-0.39, 0.29) is 17.3 Å². The monoisotopic (exact) mass is 384 g/mol. The van der Waals surface area contributed by atoms with Gasteiger partial charge in [-0.05, 0) is 18.6 Å². The SMILES string of the molecule is CCCOc1nn(C(=O)NS(=O)(=O)c2ccccc2C(=O)O)c(=O)n1C. The standard InChI is InChI=1S/C14H16N4O7S/c1-3-8-25-13-15-18(14(22)17(13)2)12(21)16-26(23,24)10-7-5-4-6-9(10)11(19)20/h4-7H,3,8H2,1-2H3,(H,16,21)(H,19,20). The van der Waals surface area contributed by atoms with Crippen molar-refractivity contribution in [3.05, 3.63) is 40.3 Å². The van der Waals surface area contributed by atoms with Gasteiger partial charge in [-0.1, -0.05) is 19.1 Å². The fourth-order valence-electron chi connectivity index (χ4n) is 1.96. The summed E-state index contributed by atoms with van der Waals surface area (Å²) in [7, 11) is -3.25.